The number of aliphatic imine (C=N–C) groups is 1. The number of anilines is 1. The van der Waals surface area contributed by atoms with Crippen LogP contribution in [-0.4, -0.2) is 49.5 Å². The van der Waals surface area contributed by atoms with Crippen molar-refractivity contribution in [2.75, 3.05) is 37.6 Å². The van der Waals surface area contributed by atoms with Crippen molar-refractivity contribution in [3.05, 3.63) is 65.7 Å². The lowest BCUT2D eigenvalue weighted by molar-refractivity contribution is -0.128. The summed E-state index contributed by atoms with van der Waals surface area (Å²) in [6.45, 7) is 10.2. The number of hydrogen-bond acceptors (Lipinski definition) is 3. The third-order valence-corrected chi connectivity index (χ3v) is 5.73. The lowest BCUT2D eigenvalue weighted by atomic mass is 10.1. The number of benzene rings is 2. The summed E-state index contributed by atoms with van der Waals surface area (Å²) in [7, 11) is 0. The van der Waals surface area contributed by atoms with Crippen LogP contribution >= 0.6 is 0 Å². The van der Waals surface area contributed by atoms with Gasteiger partial charge in [-0.1, -0.05) is 42.5 Å². The number of rotatable bonds is 11. The number of carbonyl (C=O) groups is 1. The van der Waals surface area contributed by atoms with Crippen LogP contribution in [0.3, 0.4) is 0 Å². The Balaban J connectivity index is 1.45. The van der Waals surface area contributed by atoms with E-state index < -0.39 is 0 Å². The molecular weight excluding hydrogens is 398 g/mol. The van der Waals surface area contributed by atoms with Gasteiger partial charge in [0, 0.05) is 51.4 Å². The molecule has 2 aromatic rings. The molecule has 1 aliphatic rings. The predicted molar refractivity (Wildman–Crippen MR) is 133 cm³/mol. The number of nitrogens with zero attached hydrogens (tertiary/aromatic N) is 3. The Labute approximate surface area is 192 Å². The highest BCUT2D eigenvalue weighted by atomic mass is 16.2. The highest BCUT2D eigenvalue weighted by molar-refractivity contribution is 5.79. The molecule has 2 aromatic carbocycles. The van der Waals surface area contributed by atoms with E-state index >= 15 is 0 Å². The molecule has 0 aromatic heterocycles. The maximum absolute atomic E-state index is 11.8. The fraction of sp³-hybridized carbons (Fsp3) is 0.462. The van der Waals surface area contributed by atoms with Crippen molar-refractivity contribution >= 4 is 17.6 Å². The predicted octanol–water partition coefficient (Wildman–Crippen LogP) is 3.78. The maximum atomic E-state index is 11.8. The maximum Gasteiger partial charge on any atom is 0.222 e. The second-order valence-electron chi connectivity index (χ2n) is 8.13. The van der Waals surface area contributed by atoms with Crippen LogP contribution in [0, 0.1) is 0 Å². The van der Waals surface area contributed by atoms with Crippen LogP contribution in [0.4, 0.5) is 5.69 Å². The van der Waals surface area contributed by atoms with E-state index in [-0.39, 0.29) is 5.91 Å². The summed E-state index contributed by atoms with van der Waals surface area (Å²) < 4.78 is 0. The van der Waals surface area contributed by atoms with Gasteiger partial charge in [0.05, 0.1) is 6.54 Å². The first-order chi connectivity index (χ1) is 15.7. The second-order valence-corrected chi connectivity index (χ2v) is 8.13. The highest BCUT2D eigenvalue weighted by Crippen LogP contribution is 2.15. The number of likely N-dealkylation sites (tertiary alicyclic amines) is 1. The SMILES string of the molecule is CCNC(=NCc1ccc(CN2CCCC2=O)cc1)NCCCN(CC)c1ccccc1. The van der Waals surface area contributed by atoms with E-state index in [1.165, 1.54) is 16.8 Å². The molecule has 1 saturated heterocycles. The first-order valence-corrected chi connectivity index (χ1v) is 11.9. The Morgan fingerprint density at radius 3 is 2.44 bits per heavy atom. The normalized spacial score (nSPS) is 14.0. The first kappa shape index (κ1) is 23.6. The van der Waals surface area contributed by atoms with Crippen molar-refractivity contribution in [3.8, 4) is 0 Å². The van der Waals surface area contributed by atoms with Gasteiger partial charge in [-0.25, -0.2) is 4.99 Å². The summed E-state index contributed by atoms with van der Waals surface area (Å²) >= 11 is 0. The average molecular weight is 436 g/mol. The van der Waals surface area contributed by atoms with Crippen molar-refractivity contribution in [1.29, 1.82) is 0 Å². The van der Waals surface area contributed by atoms with Crippen LogP contribution in [0.15, 0.2) is 59.6 Å². The van der Waals surface area contributed by atoms with Gasteiger partial charge in [0.2, 0.25) is 5.91 Å². The largest absolute Gasteiger partial charge is 0.372 e. The quantitative estimate of drug-likeness (QED) is 0.320. The number of carbonyl (C=O) groups excluding carboxylic acids is 1. The second kappa shape index (κ2) is 12.7. The topological polar surface area (TPSA) is 60.0 Å². The van der Waals surface area contributed by atoms with Gasteiger partial charge in [0.25, 0.3) is 0 Å². The molecule has 3 rings (SSSR count). The molecule has 6 heteroatoms. The van der Waals surface area contributed by atoms with Gasteiger partial charge in [-0.05, 0) is 49.9 Å². The van der Waals surface area contributed by atoms with Gasteiger partial charge in [0.15, 0.2) is 5.96 Å². The van der Waals surface area contributed by atoms with Crippen LogP contribution in [0.5, 0.6) is 0 Å². The standard InChI is InChI=1S/C26H37N5O/c1-3-27-26(28-17-9-19-30(4-2)24-10-6-5-7-11-24)29-20-22-13-15-23(16-14-22)21-31-18-8-12-25(31)32/h5-7,10-11,13-16H,3-4,8-9,12,17-21H2,1-2H3,(H2,27,28,29). The van der Waals surface area contributed by atoms with Crippen molar-refractivity contribution in [3.63, 3.8) is 0 Å². The zero-order chi connectivity index (χ0) is 22.6. The molecule has 6 nitrogen and oxygen atoms in total. The van der Waals surface area contributed by atoms with E-state index in [1.807, 2.05) is 4.90 Å². The molecule has 0 unspecified atom stereocenters. The molecular formula is C26H37N5O. The molecule has 0 radical (unpaired) electrons. The van der Waals surface area contributed by atoms with Crippen LogP contribution in [-0.2, 0) is 17.9 Å². The molecule has 0 spiro atoms. The monoisotopic (exact) mass is 435 g/mol. The fourth-order valence-electron chi connectivity index (χ4n) is 3.94. The summed E-state index contributed by atoms with van der Waals surface area (Å²) in [4.78, 5) is 20.9. The van der Waals surface area contributed by atoms with Crippen LogP contribution in [0.2, 0.25) is 0 Å². The summed E-state index contributed by atoms with van der Waals surface area (Å²) in [5, 5.41) is 6.79. The van der Waals surface area contributed by atoms with Crippen LogP contribution < -0.4 is 15.5 Å². The molecule has 0 bridgehead atoms. The number of guanidine groups is 1. The van der Waals surface area contributed by atoms with Crippen molar-refractivity contribution in [2.24, 2.45) is 4.99 Å². The summed E-state index contributed by atoms with van der Waals surface area (Å²) in [5.74, 6) is 1.12. The van der Waals surface area contributed by atoms with Crippen LogP contribution in [0.1, 0.15) is 44.2 Å². The molecule has 0 atom stereocenters. The van der Waals surface area contributed by atoms with Gasteiger partial charge >= 0.3 is 0 Å². The Kier molecular flexibility index (Phi) is 9.41. The lowest BCUT2D eigenvalue weighted by Gasteiger charge is -2.23. The van der Waals surface area contributed by atoms with Crippen molar-refractivity contribution in [1.82, 2.24) is 15.5 Å². The average Bonchev–Trinajstić information content (AvgIpc) is 3.23. The number of para-hydroxylation sites is 1. The van der Waals surface area contributed by atoms with Gasteiger partial charge in [-0.15, -0.1) is 0 Å². The molecule has 1 aliphatic heterocycles. The van der Waals surface area contributed by atoms with Crippen molar-refractivity contribution < 1.29 is 4.79 Å². The summed E-state index contributed by atoms with van der Waals surface area (Å²) in [6, 6.07) is 19.0. The molecule has 1 fully saturated rings. The minimum atomic E-state index is 0.269. The minimum Gasteiger partial charge on any atom is -0.372 e. The molecule has 32 heavy (non-hydrogen) atoms. The number of nitrogens with one attached hydrogen (secondary N) is 2. The molecule has 172 valence electrons. The molecule has 0 aliphatic carbocycles. The summed E-state index contributed by atoms with van der Waals surface area (Å²) in [5.41, 5.74) is 3.62. The molecule has 1 heterocycles. The minimum absolute atomic E-state index is 0.269. The zero-order valence-electron chi connectivity index (χ0n) is 19.5. The van der Waals surface area contributed by atoms with Gasteiger partial charge in [-0.2, -0.15) is 0 Å². The van der Waals surface area contributed by atoms with E-state index in [9.17, 15) is 4.79 Å². The Hall–Kier alpha value is -3.02. The highest BCUT2D eigenvalue weighted by Gasteiger charge is 2.19. The smallest absolute Gasteiger partial charge is 0.222 e. The van der Waals surface area contributed by atoms with E-state index in [2.05, 4.69) is 84.0 Å². The molecule has 1 amide bonds. The first-order valence-electron chi connectivity index (χ1n) is 11.9. The summed E-state index contributed by atoms with van der Waals surface area (Å²) in [6.07, 6.45) is 2.71. The van der Waals surface area contributed by atoms with Gasteiger partial charge in [0.1, 0.15) is 0 Å². The van der Waals surface area contributed by atoms with E-state index in [0.29, 0.717) is 19.5 Å². The third-order valence-electron chi connectivity index (χ3n) is 5.73. The van der Waals surface area contributed by atoms with E-state index in [4.69, 9.17) is 4.99 Å². The Bertz CT molecular complexity index is 850. The van der Waals surface area contributed by atoms with Gasteiger partial charge < -0.3 is 20.4 Å². The zero-order valence-corrected chi connectivity index (χ0v) is 19.5. The van der Waals surface area contributed by atoms with Crippen molar-refractivity contribution in [2.45, 2.75) is 46.2 Å². The number of amides is 1. The Morgan fingerprint density at radius 1 is 1.03 bits per heavy atom. The molecule has 2 N–H and O–H groups in total. The Morgan fingerprint density at radius 2 is 1.78 bits per heavy atom. The van der Waals surface area contributed by atoms with E-state index in [0.717, 1.165) is 51.5 Å². The fourth-order valence-corrected chi connectivity index (χ4v) is 3.94. The van der Waals surface area contributed by atoms with Crippen LogP contribution in [0.25, 0.3) is 0 Å². The number of hydrogen-bond donors (Lipinski definition) is 2. The van der Waals surface area contributed by atoms with E-state index in [1.54, 1.807) is 0 Å². The third kappa shape index (κ3) is 7.29. The molecule has 0 saturated carbocycles. The van der Waals surface area contributed by atoms with Gasteiger partial charge in [-0.3, -0.25) is 4.79 Å². The lowest BCUT2D eigenvalue weighted by Crippen LogP contribution is -2.38.